The van der Waals surface area contributed by atoms with Gasteiger partial charge in [0.15, 0.2) is 0 Å². The van der Waals surface area contributed by atoms with Gasteiger partial charge in [0.1, 0.15) is 6.54 Å². The van der Waals surface area contributed by atoms with E-state index in [0.717, 1.165) is 11.3 Å². The molecule has 106 valence electrons. The van der Waals surface area contributed by atoms with Crippen LogP contribution in [0.1, 0.15) is 32.6 Å². The molecular weight excluding hydrogens is 244 g/mol. The number of carboxylic acid groups (broad SMARTS) is 1. The molecule has 0 heterocycles. The Balaban J connectivity index is 2.43. The molecule has 0 aromatic carbocycles. The smallest absolute Gasteiger partial charge is 0.323 e. The van der Waals surface area contributed by atoms with Crippen LogP contribution >= 0.6 is 0 Å². The number of amides is 2. The highest BCUT2D eigenvalue weighted by Gasteiger charge is 2.23. The van der Waals surface area contributed by atoms with Crippen LogP contribution in [0.15, 0.2) is 0 Å². The molecule has 1 rings (SSSR count). The maximum absolute atomic E-state index is 11.9. The molecule has 2 atom stereocenters. The molecule has 1 aliphatic carbocycles. The molecule has 1 aliphatic rings. The van der Waals surface area contributed by atoms with Crippen LogP contribution in [-0.4, -0.2) is 41.6 Å². The SMILES string of the molecule is C#CCN(CC(=O)O)C(=O)NCC1CCCCC1C. The minimum absolute atomic E-state index is 0.0123. The predicted molar refractivity (Wildman–Crippen MR) is 72.6 cm³/mol. The molecule has 2 N–H and O–H groups in total. The molecule has 0 aromatic heterocycles. The van der Waals surface area contributed by atoms with E-state index in [9.17, 15) is 9.59 Å². The van der Waals surface area contributed by atoms with Gasteiger partial charge in [0.05, 0.1) is 6.54 Å². The first-order chi connectivity index (χ1) is 9.04. The number of carboxylic acids is 1. The Labute approximate surface area is 114 Å². The standard InChI is InChI=1S/C14H22N2O3/c1-3-8-16(10-13(17)18)14(19)15-9-12-7-5-4-6-11(12)2/h1,11-12H,4-10H2,2H3,(H,15,19)(H,17,18). The summed E-state index contributed by atoms with van der Waals surface area (Å²) in [5, 5.41) is 11.5. The van der Waals surface area contributed by atoms with E-state index in [1.165, 1.54) is 19.3 Å². The summed E-state index contributed by atoms with van der Waals surface area (Å²) in [5.41, 5.74) is 0. The number of hydrogen-bond donors (Lipinski definition) is 2. The van der Waals surface area contributed by atoms with Crippen molar-refractivity contribution in [2.24, 2.45) is 11.8 Å². The monoisotopic (exact) mass is 266 g/mol. The number of aliphatic carboxylic acids is 1. The van der Waals surface area contributed by atoms with Gasteiger partial charge in [-0.3, -0.25) is 4.79 Å². The van der Waals surface area contributed by atoms with Crippen molar-refractivity contribution in [3.05, 3.63) is 0 Å². The summed E-state index contributed by atoms with van der Waals surface area (Å²) in [6.07, 6.45) is 9.92. The lowest BCUT2D eigenvalue weighted by atomic mass is 9.80. The van der Waals surface area contributed by atoms with Crippen LogP contribution in [0.3, 0.4) is 0 Å². The average molecular weight is 266 g/mol. The Morgan fingerprint density at radius 3 is 2.68 bits per heavy atom. The number of terminal acetylenes is 1. The van der Waals surface area contributed by atoms with Crippen LogP contribution in [0, 0.1) is 24.2 Å². The summed E-state index contributed by atoms with van der Waals surface area (Å²) in [7, 11) is 0. The van der Waals surface area contributed by atoms with Crippen molar-refractivity contribution in [2.75, 3.05) is 19.6 Å². The third-order valence-electron chi connectivity index (χ3n) is 3.70. The fraction of sp³-hybridized carbons (Fsp3) is 0.714. The second-order valence-corrected chi connectivity index (χ2v) is 5.16. The molecule has 0 radical (unpaired) electrons. The van der Waals surface area contributed by atoms with Crippen LogP contribution in [0.5, 0.6) is 0 Å². The quantitative estimate of drug-likeness (QED) is 0.742. The zero-order valence-electron chi connectivity index (χ0n) is 11.4. The maximum atomic E-state index is 11.9. The second-order valence-electron chi connectivity index (χ2n) is 5.16. The summed E-state index contributed by atoms with van der Waals surface area (Å²) in [4.78, 5) is 23.7. The van der Waals surface area contributed by atoms with E-state index in [2.05, 4.69) is 18.2 Å². The number of nitrogens with zero attached hydrogens (tertiary/aromatic N) is 1. The van der Waals surface area contributed by atoms with Crippen molar-refractivity contribution < 1.29 is 14.7 Å². The number of urea groups is 1. The first-order valence-corrected chi connectivity index (χ1v) is 6.72. The molecule has 5 heteroatoms. The number of carbonyl (C=O) groups excluding carboxylic acids is 1. The molecule has 0 bridgehead atoms. The van der Waals surface area contributed by atoms with Gasteiger partial charge in [0, 0.05) is 6.54 Å². The van der Waals surface area contributed by atoms with E-state index >= 15 is 0 Å². The van der Waals surface area contributed by atoms with Crippen molar-refractivity contribution >= 4 is 12.0 Å². The third-order valence-corrected chi connectivity index (χ3v) is 3.70. The number of nitrogens with one attached hydrogen (secondary N) is 1. The molecule has 19 heavy (non-hydrogen) atoms. The maximum Gasteiger partial charge on any atom is 0.323 e. The number of hydrogen-bond acceptors (Lipinski definition) is 2. The fourth-order valence-corrected chi connectivity index (χ4v) is 2.50. The predicted octanol–water partition coefficient (Wildman–Crippen LogP) is 1.54. The summed E-state index contributed by atoms with van der Waals surface area (Å²) in [6.45, 7) is 2.45. The lowest BCUT2D eigenvalue weighted by Gasteiger charge is -2.29. The molecule has 0 aliphatic heterocycles. The van der Waals surface area contributed by atoms with Gasteiger partial charge in [-0.1, -0.05) is 32.1 Å². The van der Waals surface area contributed by atoms with Crippen molar-refractivity contribution in [3.63, 3.8) is 0 Å². The van der Waals surface area contributed by atoms with E-state index in [1.807, 2.05) is 0 Å². The Morgan fingerprint density at radius 2 is 2.11 bits per heavy atom. The topological polar surface area (TPSA) is 69.6 Å². The summed E-state index contributed by atoms with van der Waals surface area (Å²) < 4.78 is 0. The molecule has 1 fully saturated rings. The lowest BCUT2D eigenvalue weighted by Crippen LogP contribution is -2.45. The number of carbonyl (C=O) groups is 2. The van der Waals surface area contributed by atoms with Gasteiger partial charge < -0.3 is 15.3 Å². The van der Waals surface area contributed by atoms with Crippen molar-refractivity contribution in [1.29, 1.82) is 0 Å². The Bertz CT molecular complexity index is 362. The van der Waals surface area contributed by atoms with Crippen molar-refractivity contribution in [3.8, 4) is 12.3 Å². The Morgan fingerprint density at radius 1 is 1.42 bits per heavy atom. The van der Waals surface area contributed by atoms with Gasteiger partial charge in [-0.15, -0.1) is 6.42 Å². The van der Waals surface area contributed by atoms with Crippen LogP contribution < -0.4 is 5.32 Å². The van der Waals surface area contributed by atoms with E-state index in [4.69, 9.17) is 11.5 Å². The summed E-state index contributed by atoms with van der Waals surface area (Å²) >= 11 is 0. The highest BCUT2D eigenvalue weighted by atomic mass is 16.4. The first kappa shape index (κ1) is 15.4. The molecule has 0 spiro atoms. The summed E-state index contributed by atoms with van der Waals surface area (Å²) in [6, 6.07) is -0.391. The van der Waals surface area contributed by atoms with Gasteiger partial charge in [-0.25, -0.2) is 4.79 Å². The van der Waals surface area contributed by atoms with E-state index in [-0.39, 0.29) is 13.1 Å². The second kappa shape index (κ2) is 7.67. The van der Waals surface area contributed by atoms with Gasteiger partial charge in [-0.05, 0) is 18.3 Å². The van der Waals surface area contributed by atoms with E-state index < -0.39 is 12.0 Å². The van der Waals surface area contributed by atoms with Gasteiger partial charge in [-0.2, -0.15) is 0 Å². The molecule has 2 unspecified atom stereocenters. The van der Waals surface area contributed by atoms with Crippen LogP contribution in [0.2, 0.25) is 0 Å². The largest absolute Gasteiger partial charge is 0.480 e. The molecule has 0 aromatic rings. The van der Waals surface area contributed by atoms with Gasteiger partial charge >= 0.3 is 12.0 Å². The zero-order valence-corrected chi connectivity index (χ0v) is 11.4. The normalized spacial score (nSPS) is 22.3. The number of rotatable bonds is 5. The molecule has 0 saturated heterocycles. The van der Waals surface area contributed by atoms with Crippen LogP contribution in [0.25, 0.3) is 0 Å². The first-order valence-electron chi connectivity index (χ1n) is 6.72. The minimum Gasteiger partial charge on any atom is -0.480 e. The van der Waals surface area contributed by atoms with Gasteiger partial charge in [0.2, 0.25) is 0 Å². The van der Waals surface area contributed by atoms with E-state index in [0.29, 0.717) is 18.4 Å². The van der Waals surface area contributed by atoms with Crippen molar-refractivity contribution in [1.82, 2.24) is 10.2 Å². The molecule has 5 nitrogen and oxygen atoms in total. The fourth-order valence-electron chi connectivity index (χ4n) is 2.50. The van der Waals surface area contributed by atoms with Crippen molar-refractivity contribution in [2.45, 2.75) is 32.6 Å². The highest BCUT2D eigenvalue weighted by Crippen LogP contribution is 2.28. The van der Waals surface area contributed by atoms with Crippen LogP contribution in [0.4, 0.5) is 4.79 Å². The molecule has 1 saturated carbocycles. The lowest BCUT2D eigenvalue weighted by molar-refractivity contribution is -0.137. The molecule has 2 amide bonds. The zero-order chi connectivity index (χ0) is 14.3. The van der Waals surface area contributed by atoms with Crippen LogP contribution in [-0.2, 0) is 4.79 Å². The third kappa shape index (κ3) is 5.21. The highest BCUT2D eigenvalue weighted by molar-refractivity contribution is 5.80. The van der Waals surface area contributed by atoms with E-state index in [1.54, 1.807) is 0 Å². The summed E-state index contributed by atoms with van der Waals surface area (Å²) in [5.74, 6) is 2.33. The van der Waals surface area contributed by atoms with Gasteiger partial charge in [0.25, 0.3) is 0 Å². The molecular formula is C14H22N2O3. The average Bonchev–Trinajstić information content (AvgIpc) is 2.36. The minimum atomic E-state index is -1.06. The Hall–Kier alpha value is -1.70. The Kier molecular flexibility index (Phi) is 6.20.